The van der Waals surface area contributed by atoms with Gasteiger partial charge in [0.1, 0.15) is 5.78 Å². The van der Waals surface area contributed by atoms with Gasteiger partial charge >= 0.3 is 0 Å². The second kappa shape index (κ2) is 3.48. The first-order valence-electron chi connectivity index (χ1n) is 5.94. The molecule has 0 spiro atoms. The van der Waals surface area contributed by atoms with Gasteiger partial charge in [0.05, 0.1) is 0 Å². The van der Waals surface area contributed by atoms with E-state index in [1.165, 1.54) is 17.5 Å². The lowest BCUT2D eigenvalue weighted by Crippen LogP contribution is -2.34. The molecule has 0 aliphatic heterocycles. The monoisotopic (exact) mass is 200 g/mol. The maximum atomic E-state index is 11.8. The van der Waals surface area contributed by atoms with Gasteiger partial charge in [-0.25, -0.2) is 0 Å². The maximum Gasteiger partial charge on any atom is 0.136 e. The number of carbonyl (C=O) groups excluding carboxylic acids is 1. The van der Waals surface area contributed by atoms with Gasteiger partial charge < -0.3 is 0 Å². The Hall–Kier alpha value is -1.11. The van der Waals surface area contributed by atoms with E-state index in [2.05, 4.69) is 24.3 Å². The van der Waals surface area contributed by atoms with E-state index in [1.54, 1.807) is 0 Å². The summed E-state index contributed by atoms with van der Waals surface area (Å²) < 4.78 is 0. The van der Waals surface area contributed by atoms with E-state index in [0.29, 0.717) is 17.6 Å². The molecule has 0 N–H and O–H groups in total. The van der Waals surface area contributed by atoms with Crippen molar-refractivity contribution in [1.29, 1.82) is 0 Å². The number of fused-ring (bicyclic) bond motifs is 2. The smallest absolute Gasteiger partial charge is 0.136 e. The molecule has 0 saturated heterocycles. The molecule has 2 aliphatic carbocycles. The zero-order chi connectivity index (χ0) is 10.3. The number of benzene rings is 1. The number of Topliss-reactive ketones (excluding diaryl/α,β-unsaturated/α-hetero) is 1. The zero-order valence-corrected chi connectivity index (χ0v) is 8.91. The average Bonchev–Trinajstić information content (AvgIpc) is 2.27. The highest BCUT2D eigenvalue weighted by Crippen LogP contribution is 2.37. The molecule has 0 unspecified atom stereocenters. The Bertz CT molecular complexity index is 394. The van der Waals surface area contributed by atoms with Crippen molar-refractivity contribution in [3.05, 3.63) is 35.4 Å². The van der Waals surface area contributed by atoms with Crippen molar-refractivity contribution in [1.82, 2.24) is 0 Å². The summed E-state index contributed by atoms with van der Waals surface area (Å²) >= 11 is 0. The van der Waals surface area contributed by atoms with Gasteiger partial charge in [0.15, 0.2) is 0 Å². The lowest BCUT2D eigenvalue weighted by molar-refractivity contribution is -0.126. The van der Waals surface area contributed by atoms with Crippen LogP contribution in [-0.4, -0.2) is 5.78 Å². The molecule has 78 valence electrons. The fourth-order valence-corrected chi connectivity index (χ4v) is 3.19. The summed E-state index contributed by atoms with van der Waals surface area (Å²) in [5.41, 5.74) is 2.89. The third kappa shape index (κ3) is 1.50. The van der Waals surface area contributed by atoms with Gasteiger partial charge in [0.25, 0.3) is 0 Å². The number of carbonyl (C=O) groups is 1. The van der Waals surface area contributed by atoms with Crippen molar-refractivity contribution in [2.75, 3.05) is 0 Å². The van der Waals surface area contributed by atoms with Gasteiger partial charge in [0, 0.05) is 12.3 Å². The predicted molar refractivity (Wildman–Crippen MR) is 59.7 cm³/mol. The van der Waals surface area contributed by atoms with Crippen molar-refractivity contribution in [2.45, 2.75) is 32.1 Å². The summed E-state index contributed by atoms with van der Waals surface area (Å²) in [4.78, 5) is 11.8. The molecular weight excluding hydrogens is 184 g/mol. The SMILES string of the molecule is O=C1CCC[C@H]2Cc3ccccc3C[C@@H]12. The molecule has 1 nitrogen and oxygen atoms in total. The fraction of sp³-hybridized carbons (Fsp3) is 0.500. The zero-order valence-electron chi connectivity index (χ0n) is 8.91. The molecule has 2 aliphatic rings. The minimum atomic E-state index is 0.341. The van der Waals surface area contributed by atoms with Gasteiger partial charge in [-0.15, -0.1) is 0 Å². The third-order valence-electron chi connectivity index (χ3n) is 4.02. The third-order valence-corrected chi connectivity index (χ3v) is 4.02. The largest absolute Gasteiger partial charge is 0.299 e. The van der Waals surface area contributed by atoms with E-state index in [4.69, 9.17) is 0 Å². The van der Waals surface area contributed by atoms with Crippen LogP contribution in [0.2, 0.25) is 0 Å². The lowest BCUT2D eigenvalue weighted by Gasteiger charge is -2.35. The molecule has 1 saturated carbocycles. The van der Waals surface area contributed by atoms with E-state index < -0.39 is 0 Å². The van der Waals surface area contributed by atoms with Crippen molar-refractivity contribution in [3.8, 4) is 0 Å². The van der Waals surface area contributed by atoms with E-state index in [-0.39, 0.29) is 0 Å². The summed E-state index contributed by atoms with van der Waals surface area (Å²) in [7, 11) is 0. The Morgan fingerprint density at radius 1 is 1.07 bits per heavy atom. The molecule has 1 fully saturated rings. The quantitative estimate of drug-likeness (QED) is 0.629. The molecule has 0 aromatic heterocycles. The Kier molecular flexibility index (Phi) is 2.12. The van der Waals surface area contributed by atoms with Crippen LogP contribution in [0.25, 0.3) is 0 Å². The van der Waals surface area contributed by atoms with Crippen LogP contribution in [0, 0.1) is 11.8 Å². The van der Waals surface area contributed by atoms with Crippen LogP contribution in [0.3, 0.4) is 0 Å². The summed E-state index contributed by atoms with van der Waals surface area (Å²) in [5, 5.41) is 0. The van der Waals surface area contributed by atoms with Crippen LogP contribution < -0.4 is 0 Å². The summed E-state index contributed by atoms with van der Waals surface area (Å²) in [6.45, 7) is 0. The summed E-state index contributed by atoms with van der Waals surface area (Å²) in [6.07, 6.45) is 5.32. The van der Waals surface area contributed by atoms with Crippen LogP contribution in [-0.2, 0) is 17.6 Å². The van der Waals surface area contributed by atoms with Crippen LogP contribution in [0.4, 0.5) is 0 Å². The molecular formula is C14H16O. The summed E-state index contributed by atoms with van der Waals surface area (Å²) in [5.74, 6) is 1.50. The van der Waals surface area contributed by atoms with E-state index >= 15 is 0 Å². The first-order chi connectivity index (χ1) is 7.34. The molecule has 1 aromatic rings. The Morgan fingerprint density at radius 2 is 1.80 bits per heavy atom. The molecule has 2 atom stereocenters. The van der Waals surface area contributed by atoms with E-state index in [9.17, 15) is 4.79 Å². The van der Waals surface area contributed by atoms with Crippen molar-refractivity contribution >= 4 is 5.78 Å². The fourth-order valence-electron chi connectivity index (χ4n) is 3.19. The second-order valence-electron chi connectivity index (χ2n) is 4.90. The number of hydrogen-bond donors (Lipinski definition) is 0. The van der Waals surface area contributed by atoms with Gasteiger partial charge in [0.2, 0.25) is 0 Å². The van der Waals surface area contributed by atoms with Gasteiger partial charge in [-0.3, -0.25) is 4.79 Å². The number of ketones is 1. The Labute approximate surface area is 90.5 Å². The lowest BCUT2D eigenvalue weighted by atomic mass is 9.68. The number of rotatable bonds is 0. The highest BCUT2D eigenvalue weighted by molar-refractivity contribution is 5.82. The second-order valence-corrected chi connectivity index (χ2v) is 4.90. The first-order valence-corrected chi connectivity index (χ1v) is 5.94. The molecule has 1 aromatic carbocycles. The Balaban J connectivity index is 1.95. The van der Waals surface area contributed by atoms with E-state index in [0.717, 1.165) is 25.7 Å². The van der Waals surface area contributed by atoms with Crippen LogP contribution in [0.5, 0.6) is 0 Å². The molecule has 15 heavy (non-hydrogen) atoms. The molecule has 0 amide bonds. The first kappa shape index (κ1) is 9.14. The molecule has 1 heteroatoms. The molecule has 3 rings (SSSR count). The molecule has 0 heterocycles. The van der Waals surface area contributed by atoms with Crippen molar-refractivity contribution in [3.63, 3.8) is 0 Å². The minimum absolute atomic E-state index is 0.341. The van der Waals surface area contributed by atoms with Crippen LogP contribution in [0.1, 0.15) is 30.4 Å². The molecule has 0 bridgehead atoms. The van der Waals surface area contributed by atoms with Crippen molar-refractivity contribution in [2.24, 2.45) is 11.8 Å². The normalized spacial score (nSPS) is 29.5. The Morgan fingerprint density at radius 3 is 2.60 bits per heavy atom. The maximum absolute atomic E-state index is 11.8. The van der Waals surface area contributed by atoms with Crippen molar-refractivity contribution < 1.29 is 4.79 Å². The van der Waals surface area contributed by atoms with Crippen LogP contribution >= 0.6 is 0 Å². The standard InChI is InChI=1S/C14H16O/c15-14-7-3-6-12-8-10-4-1-2-5-11(10)9-13(12)14/h1-2,4-5,12-13H,3,6-9H2/t12-,13+/m0/s1. The van der Waals surface area contributed by atoms with Gasteiger partial charge in [-0.05, 0) is 42.7 Å². The van der Waals surface area contributed by atoms with Gasteiger partial charge in [-0.1, -0.05) is 24.3 Å². The topological polar surface area (TPSA) is 17.1 Å². The minimum Gasteiger partial charge on any atom is -0.299 e. The highest BCUT2D eigenvalue weighted by Gasteiger charge is 2.35. The highest BCUT2D eigenvalue weighted by atomic mass is 16.1. The van der Waals surface area contributed by atoms with Crippen LogP contribution in [0.15, 0.2) is 24.3 Å². The van der Waals surface area contributed by atoms with Gasteiger partial charge in [-0.2, -0.15) is 0 Å². The predicted octanol–water partition coefficient (Wildman–Crippen LogP) is 2.77. The summed E-state index contributed by atoms with van der Waals surface area (Å²) in [6, 6.07) is 8.62. The van der Waals surface area contributed by atoms with E-state index in [1.807, 2.05) is 0 Å². The molecule has 0 radical (unpaired) electrons. The number of hydrogen-bond acceptors (Lipinski definition) is 1. The average molecular weight is 200 g/mol.